The van der Waals surface area contributed by atoms with Gasteiger partial charge in [-0.15, -0.1) is 0 Å². The lowest BCUT2D eigenvalue weighted by Gasteiger charge is -2.26. The molecule has 0 saturated carbocycles. The first kappa shape index (κ1) is 22.7. The molecule has 2 heterocycles. The molecule has 0 spiro atoms. The first-order chi connectivity index (χ1) is 15.3. The summed E-state index contributed by atoms with van der Waals surface area (Å²) in [6.07, 6.45) is 0. The molecule has 32 heavy (non-hydrogen) atoms. The van der Waals surface area contributed by atoms with Crippen LogP contribution in [0.25, 0.3) is 11.0 Å². The van der Waals surface area contributed by atoms with Crippen molar-refractivity contribution in [3.63, 3.8) is 0 Å². The molecule has 2 aromatic carbocycles. The van der Waals surface area contributed by atoms with Gasteiger partial charge in [0.1, 0.15) is 18.2 Å². The number of hydrogen-bond donors (Lipinski definition) is 0. The highest BCUT2D eigenvalue weighted by molar-refractivity contribution is 7.89. The second-order valence-corrected chi connectivity index (χ2v) is 9.51. The molecule has 0 bridgehead atoms. The van der Waals surface area contributed by atoms with E-state index in [0.29, 0.717) is 49.7 Å². The molecular formula is C21H21ClFN3O5S. The molecule has 11 heteroatoms. The summed E-state index contributed by atoms with van der Waals surface area (Å²) in [6.45, 7) is 3.50. The topological polar surface area (TPSA) is 90.7 Å². The zero-order valence-corrected chi connectivity index (χ0v) is 18.8. The van der Waals surface area contributed by atoms with E-state index in [1.807, 2.05) is 11.5 Å². The number of ether oxygens (including phenoxy) is 2. The molecule has 1 aliphatic rings. The zero-order valence-electron chi connectivity index (χ0n) is 17.3. The highest BCUT2D eigenvalue weighted by Gasteiger charge is 2.27. The first-order valence-corrected chi connectivity index (χ1v) is 11.8. The molecule has 0 atom stereocenters. The summed E-state index contributed by atoms with van der Waals surface area (Å²) in [5.41, 5.74) is 0.894. The van der Waals surface area contributed by atoms with E-state index in [0.717, 1.165) is 6.07 Å². The third-order valence-electron chi connectivity index (χ3n) is 5.20. The minimum atomic E-state index is -3.67. The monoisotopic (exact) mass is 481 g/mol. The van der Waals surface area contributed by atoms with E-state index in [4.69, 9.17) is 21.1 Å². The molecular weight excluding hydrogens is 461 g/mol. The van der Waals surface area contributed by atoms with E-state index in [1.165, 1.54) is 28.6 Å². The summed E-state index contributed by atoms with van der Waals surface area (Å²) in [5, 5.41) is 0.216. The summed E-state index contributed by atoms with van der Waals surface area (Å²) in [6, 6.07) is 8.36. The quantitative estimate of drug-likeness (QED) is 0.502. The number of halogens is 2. The van der Waals surface area contributed by atoms with Gasteiger partial charge >= 0.3 is 5.97 Å². The molecule has 0 amide bonds. The van der Waals surface area contributed by atoms with Crippen LogP contribution >= 0.6 is 11.6 Å². The van der Waals surface area contributed by atoms with Crippen molar-refractivity contribution in [3.8, 4) is 0 Å². The van der Waals surface area contributed by atoms with Crippen LogP contribution in [-0.2, 0) is 32.6 Å². The van der Waals surface area contributed by atoms with E-state index >= 15 is 0 Å². The number of sulfonamides is 1. The number of imidazole rings is 1. The van der Waals surface area contributed by atoms with Crippen LogP contribution in [-0.4, -0.2) is 54.5 Å². The molecule has 1 aliphatic heterocycles. The van der Waals surface area contributed by atoms with E-state index in [2.05, 4.69) is 4.98 Å². The number of aromatic nitrogens is 2. The molecule has 0 aliphatic carbocycles. The maximum atomic E-state index is 13.9. The third-order valence-corrected chi connectivity index (χ3v) is 7.33. The van der Waals surface area contributed by atoms with E-state index in [1.54, 1.807) is 6.07 Å². The van der Waals surface area contributed by atoms with Gasteiger partial charge in [0.2, 0.25) is 10.0 Å². The molecule has 170 valence electrons. The van der Waals surface area contributed by atoms with Crippen molar-refractivity contribution < 1.29 is 27.1 Å². The summed E-state index contributed by atoms with van der Waals surface area (Å²) in [7, 11) is -3.67. The molecule has 8 nitrogen and oxygen atoms in total. The highest BCUT2D eigenvalue weighted by atomic mass is 35.5. The third kappa shape index (κ3) is 4.36. The predicted octanol–water partition coefficient (Wildman–Crippen LogP) is 3.23. The second-order valence-electron chi connectivity index (χ2n) is 7.14. The Morgan fingerprint density at radius 2 is 1.97 bits per heavy atom. The van der Waals surface area contributed by atoms with Crippen molar-refractivity contribution >= 4 is 38.6 Å². The van der Waals surface area contributed by atoms with E-state index in [9.17, 15) is 17.6 Å². The Morgan fingerprint density at radius 1 is 1.22 bits per heavy atom. The number of carbonyl (C=O) groups is 1. The van der Waals surface area contributed by atoms with Crippen LogP contribution < -0.4 is 0 Å². The van der Waals surface area contributed by atoms with Gasteiger partial charge in [0.05, 0.1) is 34.7 Å². The summed E-state index contributed by atoms with van der Waals surface area (Å²) < 4.78 is 53.5. The van der Waals surface area contributed by atoms with Gasteiger partial charge in [0.25, 0.3) is 0 Å². The summed E-state index contributed by atoms with van der Waals surface area (Å²) in [5.74, 6) is -1.18. The molecule has 1 aromatic heterocycles. The highest BCUT2D eigenvalue weighted by Crippen LogP contribution is 2.24. The standard InChI is InChI=1S/C21H21ClFN3O5S/c1-2-26-19-6-4-15(32(28,29)25-7-9-30-10-8-25)12-18(19)24-20(26)13-31-21(27)16-11-14(22)3-5-17(16)23/h3-6,11-12H,2,7-10,13H2,1H3. The normalized spacial score (nSPS) is 15.2. The molecule has 4 rings (SSSR count). The minimum absolute atomic E-state index is 0.136. The van der Waals surface area contributed by atoms with Gasteiger partial charge in [-0.25, -0.2) is 22.6 Å². The maximum absolute atomic E-state index is 13.9. The number of fused-ring (bicyclic) bond motifs is 1. The maximum Gasteiger partial charge on any atom is 0.341 e. The van der Waals surface area contributed by atoms with Crippen LogP contribution in [0.5, 0.6) is 0 Å². The van der Waals surface area contributed by atoms with Crippen LogP contribution in [0.1, 0.15) is 23.1 Å². The number of aryl methyl sites for hydroxylation is 1. The fraction of sp³-hybridized carbons (Fsp3) is 0.333. The van der Waals surface area contributed by atoms with Crippen molar-refractivity contribution in [1.82, 2.24) is 13.9 Å². The molecule has 0 radical (unpaired) electrons. The molecule has 0 unspecified atom stereocenters. The van der Waals surface area contributed by atoms with Gasteiger partial charge in [-0.2, -0.15) is 4.31 Å². The number of morpholine rings is 1. The number of carbonyl (C=O) groups excluding carboxylic acids is 1. The van der Waals surface area contributed by atoms with Gasteiger partial charge in [0.15, 0.2) is 0 Å². The summed E-state index contributed by atoms with van der Waals surface area (Å²) in [4.78, 5) is 16.9. The van der Waals surface area contributed by atoms with Crippen LogP contribution in [0.4, 0.5) is 4.39 Å². The number of nitrogens with zero attached hydrogens (tertiary/aromatic N) is 3. The van der Waals surface area contributed by atoms with Crippen molar-refractivity contribution in [3.05, 3.63) is 58.6 Å². The van der Waals surface area contributed by atoms with Crippen molar-refractivity contribution in [2.24, 2.45) is 0 Å². The Bertz CT molecular complexity index is 1270. The van der Waals surface area contributed by atoms with Gasteiger partial charge in [-0.1, -0.05) is 11.6 Å². The predicted molar refractivity (Wildman–Crippen MR) is 116 cm³/mol. The van der Waals surface area contributed by atoms with Gasteiger partial charge in [-0.05, 0) is 43.3 Å². The van der Waals surface area contributed by atoms with Crippen molar-refractivity contribution in [1.29, 1.82) is 0 Å². The van der Waals surface area contributed by atoms with Crippen LogP contribution in [0.15, 0.2) is 41.3 Å². The Balaban J connectivity index is 1.60. The lowest BCUT2D eigenvalue weighted by Crippen LogP contribution is -2.40. The molecule has 0 N–H and O–H groups in total. The fourth-order valence-electron chi connectivity index (χ4n) is 3.58. The van der Waals surface area contributed by atoms with E-state index < -0.39 is 21.8 Å². The van der Waals surface area contributed by atoms with Crippen LogP contribution in [0.3, 0.4) is 0 Å². The first-order valence-electron chi connectivity index (χ1n) is 10.0. The van der Waals surface area contributed by atoms with Gasteiger partial charge in [-0.3, -0.25) is 0 Å². The number of benzene rings is 2. The molecule has 1 saturated heterocycles. The average molecular weight is 482 g/mol. The summed E-state index contributed by atoms with van der Waals surface area (Å²) >= 11 is 5.84. The molecule has 3 aromatic rings. The lowest BCUT2D eigenvalue weighted by atomic mass is 10.2. The molecule has 1 fully saturated rings. The number of rotatable bonds is 6. The van der Waals surface area contributed by atoms with Crippen molar-refractivity contribution in [2.75, 3.05) is 26.3 Å². The van der Waals surface area contributed by atoms with Gasteiger partial charge < -0.3 is 14.0 Å². The SMILES string of the molecule is CCn1c(COC(=O)c2cc(Cl)ccc2F)nc2cc(S(=O)(=O)N3CCOCC3)ccc21. The number of esters is 1. The van der Waals surface area contributed by atoms with Crippen LogP contribution in [0.2, 0.25) is 5.02 Å². The van der Waals surface area contributed by atoms with E-state index in [-0.39, 0.29) is 22.1 Å². The lowest BCUT2D eigenvalue weighted by molar-refractivity contribution is 0.0453. The smallest absolute Gasteiger partial charge is 0.341 e. The second kappa shape index (κ2) is 9.14. The zero-order chi connectivity index (χ0) is 22.9. The Morgan fingerprint density at radius 3 is 2.69 bits per heavy atom. The Hall–Kier alpha value is -2.53. The average Bonchev–Trinajstić information content (AvgIpc) is 3.16. The minimum Gasteiger partial charge on any atom is -0.454 e. The van der Waals surface area contributed by atoms with Gasteiger partial charge in [0, 0.05) is 24.7 Å². The largest absolute Gasteiger partial charge is 0.454 e. The van der Waals surface area contributed by atoms with Crippen LogP contribution in [0, 0.1) is 5.82 Å². The fourth-order valence-corrected chi connectivity index (χ4v) is 5.18. The Labute approximate surface area is 189 Å². The van der Waals surface area contributed by atoms with Crippen molar-refractivity contribution in [2.45, 2.75) is 25.0 Å². The number of hydrogen-bond acceptors (Lipinski definition) is 6. The Kier molecular flexibility index (Phi) is 6.47.